The van der Waals surface area contributed by atoms with Gasteiger partial charge in [-0.1, -0.05) is 35.3 Å². The molecule has 0 fully saturated rings. The topological polar surface area (TPSA) is 41.9 Å². The molecule has 0 aliphatic carbocycles. The van der Waals surface area contributed by atoms with Gasteiger partial charge < -0.3 is 10.6 Å². The van der Waals surface area contributed by atoms with Crippen LogP contribution in [0.2, 0.25) is 10.0 Å². The van der Waals surface area contributed by atoms with Crippen molar-refractivity contribution < 1.29 is 4.39 Å². The molecular weight excluding hydrogens is 474 g/mol. The molecular formula is C18H14BrCl2FN4S. The van der Waals surface area contributed by atoms with Gasteiger partial charge in [-0.25, -0.2) is 4.39 Å². The summed E-state index contributed by atoms with van der Waals surface area (Å²) in [5, 5.41) is 11.8. The standard InChI is InChI=1S/C18H14BrCl2FN4S/c1-10-13(20)4-3-7-16(10)23-18(27)24-17-12(19)9-26(25-17)8-11-14(21)5-2-6-15(11)22/h2-7,9H,8H2,1H3,(H2,23,24,25,27). The van der Waals surface area contributed by atoms with E-state index in [0.717, 1.165) is 11.3 Å². The molecule has 2 N–H and O–H groups in total. The van der Waals surface area contributed by atoms with Crippen molar-refractivity contribution in [3.8, 4) is 0 Å². The third kappa shape index (κ3) is 4.79. The van der Waals surface area contributed by atoms with Crippen LogP contribution in [-0.2, 0) is 6.54 Å². The van der Waals surface area contributed by atoms with Gasteiger partial charge in [-0.3, -0.25) is 4.68 Å². The number of nitrogens with one attached hydrogen (secondary N) is 2. The van der Waals surface area contributed by atoms with Crippen LogP contribution in [0.1, 0.15) is 11.1 Å². The van der Waals surface area contributed by atoms with Crippen LogP contribution in [0.25, 0.3) is 0 Å². The third-order valence-corrected chi connectivity index (χ3v) is 5.39. The Kier molecular flexibility index (Phi) is 6.37. The number of hydrogen-bond acceptors (Lipinski definition) is 2. The van der Waals surface area contributed by atoms with Crippen LogP contribution in [0.15, 0.2) is 47.1 Å². The molecule has 2 aromatic carbocycles. The van der Waals surface area contributed by atoms with E-state index in [1.807, 2.05) is 25.1 Å². The zero-order chi connectivity index (χ0) is 19.6. The zero-order valence-corrected chi connectivity index (χ0v) is 18.0. The second-order valence-electron chi connectivity index (χ2n) is 5.71. The van der Waals surface area contributed by atoms with E-state index < -0.39 is 0 Å². The molecule has 0 bridgehead atoms. The molecule has 0 aliphatic heterocycles. The van der Waals surface area contributed by atoms with Crippen molar-refractivity contribution in [2.75, 3.05) is 10.6 Å². The van der Waals surface area contributed by atoms with Crippen LogP contribution < -0.4 is 10.6 Å². The predicted molar refractivity (Wildman–Crippen MR) is 116 cm³/mol. The Bertz CT molecular complexity index is 989. The molecule has 1 heterocycles. The molecule has 1 aromatic heterocycles. The van der Waals surface area contributed by atoms with Crippen molar-refractivity contribution in [2.45, 2.75) is 13.5 Å². The minimum Gasteiger partial charge on any atom is -0.332 e. The summed E-state index contributed by atoms with van der Waals surface area (Å²) >= 11 is 21.0. The first kappa shape index (κ1) is 20.1. The van der Waals surface area contributed by atoms with Crippen LogP contribution >= 0.6 is 51.3 Å². The average Bonchev–Trinajstić information content (AvgIpc) is 2.95. The lowest BCUT2D eigenvalue weighted by molar-refractivity contribution is 0.586. The first-order valence-electron chi connectivity index (χ1n) is 7.84. The van der Waals surface area contributed by atoms with Gasteiger partial charge in [0.15, 0.2) is 10.9 Å². The van der Waals surface area contributed by atoms with E-state index in [1.165, 1.54) is 6.07 Å². The second-order valence-corrected chi connectivity index (χ2v) is 7.79. The number of thiocarbonyl (C=S) groups is 1. The quantitative estimate of drug-likeness (QED) is 0.426. The minimum absolute atomic E-state index is 0.194. The number of rotatable bonds is 4. The van der Waals surface area contributed by atoms with Gasteiger partial charge in [-0.2, -0.15) is 5.10 Å². The normalized spacial score (nSPS) is 10.7. The number of anilines is 2. The molecule has 4 nitrogen and oxygen atoms in total. The SMILES string of the molecule is Cc1c(Cl)cccc1NC(=S)Nc1nn(Cc2c(F)cccc2Cl)cc1Br. The summed E-state index contributed by atoms with van der Waals surface area (Å²) in [6.45, 7) is 2.09. The first-order valence-corrected chi connectivity index (χ1v) is 9.80. The molecule has 0 unspecified atom stereocenters. The average molecular weight is 488 g/mol. The van der Waals surface area contributed by atoms with Crippen LogP contribution in [0.5, 0.6) is 0 Å². The summed E-state index contributed by atoms with van der Waals surface area (Å²) in [6.07, 6.45) is 1.72. The van der Waals surface area contributed by atoms with Crippen LogP contribution in [0, 0.1) is 12.7 Å². The largest absolute Gasteiger partial charge is 0.332 e. The number of hydrogen-bond donors (Lipinski definition) is 2. The lowest BCUT2D eigenvalue weighted by atomic mass is 10.2. The molecule has 0 saturated heterocycles. The monoisotopic (exact) mass is 486 g/mol. The van der Waals surface area contributed by atoms with E-state index in [2.05, 4.69) is 31.7 Å². The minimum atomic E-state index is -0.378. The number of aromatic nitrogens is 2. The van der Waals surface area contributed by atoms with Gasteiger partial charge in [0.1, 0.15) is 5.82 Å². The van der Waals surface area contributed by atoms with Crippen molar-refractivity contribution in [3.63, 3.8) is 0 Å². The molecule has 9 heteroatoms. The fraction of sp³-hybridized carbons (Fsp3) is 0.111. The molecule has 27 heavy (non-hydrogen) atoms. The third-order valence-electron chi connectivity index (χ3n) is 3.85. The van der Waals surface area contributed by atoms with Gasteiger partial charge in [-0.15, -0.1) is 0 Å². The Labute approximate surface area is 179 Å². The van der Waals surface area contributed by atoms with Gasteiger partial charge in [0.25, 0.3) is 0 Å². The highest BCUT2D eigenvalue weighted by Crippen LogP contribution is 2.26. The van der Waals surface area contributed by atoms with Gasteiger partial charge >= 0.3 is 0 Å². The summed E-state index contributed by atoms with van der Waals surface area (Å²) in [5.74, 6) is 0.122. The van der Waals surface area contributed by atoms with Crippen molar-refractivity contribution in [3.05, 3.63) is 74.1 Å². The second kappa shape index (κ2) is 8.56. The van der Waals surface area contributed by atoms with Crippen LogP contribution in [0.3, 0.4) is 0 Å². The lowest BCUT2D eigenvalue weighted by Crippen LogP contribution is -2.20. The molecule has 0 atom stereocenters. The Morgan fingerprint density at radius 1 is 1.19 bits per heavy atom. The van der Waals surface area contributed by atoms with Crippen LogP contribution in [-0.4, -0.2) is 14.9 Å². The van der Waals surface area contributed by atoms with E-state index in [0.29, 0.717) is 31.0 Å². The number of halogens is 4. The summed E-state index contributed by atoms with van der Waals surface area (Å²) in [5.41, 5.74) is 2.06. The zero-order valence-electron chi connectivity index (χ0n) is 14.1. The maximum atomic E-state index is 14.0. The first-order chi connectivity index (χ1) is 12.8. The number of nitrogens with zero attached hydrogens (tertiary/aromatic N) is 2. The molecule has 0 radical (unpaired) electrons. The fourth-order valence-electron chi connectivity index (χ4n) is 2.41. The molecule has 0 aliphatic rings. The van der Waals surface area contributed by atoms with Gasteiger partial charge in [-0.05, 0) is 64.9 Å². The predicted octanol–water partition coefficient (Wildman–Crippen LogP) is 6.26. The van der Waals surface area contributed by atoms with Gasteiger partial charge in [0.2, 0.25) is 0 Å². The Hall–Kier alpha value is -1.67. The molecule has 140 valence electrons. The Balaban J connectivity index is 1.73. The van der Waals surface area contributed by atoms with E-state index in [-0.39, 0.29) is 12.4 Å². The van der Waals surface area contributed by atoms with E-state index >= 15 is 0 Å². The molecule has 0 amide bonds. The van der Waals surface area contributed by atoms with Crippen molar-refractivity contribution in [1.82, 2.24) is 9.78 Å². The molecule has 0 saturated carbocycles. The highest BCUT2D eigenvalue weighted by Gasteiger charge is 2.13. The van der Waals surface area contributed by atoms with E-state index in [4.69, 9.17) is 35.4 Å². The van der Waals surface area contributed by atoms with Gasteiger partial charge in [0.05, 0.1) is 11.0 Å². The Morgan fingerprint density at radius 2 is 1.89 bits per heavy atom. The van der Waals surface area contributed by atoms with E-state index in [1.54, 1.807) is 23.0 Å². The van der Waals surface area contributed by atoms with Crippen molar-refractivity contribution in [1.29, 1.82) is 0 Å². The van der Waals surface area contributed by atoms with E-state index in [9.17, 15) is 4.39 Å². The molecule has 3 aromatic rings. The Morgan fingerprint density at radius 3 is 2.63 bits per heavy atom. The van der Waals surface area contributed by atoms with Crippen LogP contribution in [0.4, 0.5) is 15.9 Å². The number of benzene rings is 2. The maximum Gasteiger partial charge on any atom is 0.176 e. The summed E-state index contributed by atoms with van der Waals surface area (Å²) < 4.78 is 16.2. The highest BCUT2D eigenvalue weighted by molar-refractivity contribution is 9.10. The molecule has 0 spiro atoms. The molecule has 3 rings (SSSR count). The lowest BCUT2D eigenvalue weighted by Gasteiger charge is -2.12. The summed E-state index contributed by atoms with van der Waals surface area (Å²) in [4.78, 5) is 0. The smallest absolute Gasteiger partial charge is 0.176 e. The fourth-order valence-corrected chi connectivity index (χ4v) is 3.43. The summed E-state index contributed by atoms with van der Waals surface area (Å²) in [7, 11) is 0. The maximum absolute atomic E-state index is 14.0. The van der Waals surface area contributed by atoms with Crippen molar-refractivity contribution >= 4 is 68.0 Å². The van der Waals surface area contributed by atoms with Crippen molar-refractivity contribution in [2.24, 2.45) is 0 Å². The highest BCUT2D eigenvalue weighted by atomic mass is 79.9. The summed E-state index contributed by atoms with van der Waals surface area (Å²) in [6, 6.07) is 10.1. The van der Waals surface area contributed by atoms with Gasteiger partial charge in [0, 0.05) is 27.5 Å².